The van der Waals surface area contributed by atoms with Gasteiger partial charge in [-0.2, -0.15) is 0 Å². The molecule has 3 fully saturated rings. The molecule has 4 unspecified atom stereocenters. The molecule has 2 heterocycles. The minimum atomic E-state index is -0.0924. The molecule has 3 N–H and O–H groups in total. The van der Waals surface area contributed by atoms with Gasteiger partial charge in [-0.05, 0) is 55.7 Å². The highest BCUT2D eigenvalue weighted by molar-refractivity contribution is 5.94. The summed E-state index contributed by atoms with van der Waals surface area (Å²) < 4.78 is 5.54. The molecule has 2 aliphatic heterocycles. The Kier molecular flexibility index (Phi) is 7.92. The first-order valence-electron chi connectivity index (χ1n) is 10.7. The molecule has 1 aliphatic carbocycles. The second-order valence-electron chi connectivity index (χ2n) is 8.37. The largest absolute Gasteiger partial charge is 0.376 e. The zero-order chi connectivity index (χ0) is 19.3. The lowest BCUT2D eigenvalue weighted by Gasteiger charge is -2.24. The van der Waals surface area contributed by atoms with E-state index in [-0.39, 0.29) is 36.4 Å². The summed E-state index contributed by atoms with van der Waals surface area (Å²) in [5.41, 5.74) is 1.56. The molecule has 1 aromatic carbocycles. The average Bonchev–Trinajstić information content (AvgIpc) is 3.40. The van der Waals surface area contributed by atoms with Crippen molar-refractivity contribution >= 4 is 24.2 Å². The summed E-state index contributed by atoms with van der Waals surface area (Å²) in [6, 6.07) is 7.90. The third-order valence-corrected chi connectivity index (χ3v) is 6.35. The number of halogens is 1. The number of benzene rings is 1. The van der Waals surface area contributed by atoms with Crippen LogP contribution >= 0.6 is 12.4 Å². The Labute approximate surface area is 178 Å². The molecular weight excluding hydrogens is 390 g/mol. The molecule has 0 radical (unpaired) electrons. The van der Waals surface area contributed by atoms with E-state index in [1.54, 1.807) is 6.07 Å². The van der Waals surface area contributed by atoms with Gasteiger partial charge in [0.2, 0.25) is 5.91 Å². The average molecular weight is 422 g/mol. The number of carbonyl (C=O) groups excluding carboxylic acids is 2. The van der Waals surface area contributed by atoms with Crippen molar-refractivity contribution in [3.63, 3.8) is 0 Å². The number of rotatable bonds is 6. The summed E-state index contributed by atoms with van der Waals surface area (Å²) in [6.45, 7) is 1.78. The second kappa shape index (κ2) is 10.4. The van der Waals surface area contributed by atoms with Gasteiger partial charge in [-0.1, -0.05) is 25.0 Å². The van der Waals surface area contributed by atoms with Gasteiger partial charge in [0, 0.05) is 31.3 Å². The highest BCUT2D eigenvalue weighted by Crippen LogP contribution is 2.33. The molecule has 7 heteroatoms. The van der Waals surface area contributed by atoms with Crippen LogP contribution in [0.3, 0.4) is 0 Å². The Bertz CT molecular complexity index is 694. The lowest BCUT2D eigenvalue weighted by Crippen LogP contribution is -2.42. The number of hydrogen-bond donors (Lipinski definition) is 3. The van der Waals surface area contributed by atoms with E-state index in [2.05, 4.69) is 16.0 Å². The van der Waals surface area contributed by atoms with Crippen molar-refractivity contribution in [2.24, 2.45) is 5.92 Å². The topological polar surface area (TPSA) is 79.5 Å². The SMILES string of the molecule is Cl.O=C(NCC1CCCO1)c1cccc(CNC(=O)C2CC3CCCCC3N2)c1. The molecule has 29 heavy (non-hydrogen) atoms. The van der Waals surface area contributed by atoms with Gasteiger partial charge >= 0.3 is 0 Å². The van der Waals surface area contributed by atoms with Crippen molar-refractivity contribution in [3.8, 4) is 0 Å². The molecule has 4 rings (SSSR count). The number of hydrogen-bond acceptors (Lipinski definition) is 4. The van der Waals surface area contributed by atoms with Crippen LogP contribution in [0.1, 0.15) is 60.9 Å². The first kappa shape index (κ1) is 22.1. The van der Waals surface area contributed by atoms with E-state index in [1.807, 2.05) is 18.2 Å². The Hall–Kier alpha value is -1.63. The Morgan fingerprint density at radius 2 is 1.97 bits per heavy atom. The molecule has 160 valence electrons. The number of carbonyl (C=O) groups is 2. The molecule has 1 aromatic rings. The Morgan fingerprint density at radius 1 is 1.10 bits per heavy atom. The van der Waals surface area contributed by atoms with E-state index in [9.17, 15) is 9.59 Å². The Balaban J connectivity index is 0.00000240. The lowest BCUT2D eigenvalue weighted by atomic mass is 9.85. The van der Waals surface area contributed by atoms with Crippen molar-refractivity contribution in [2.75, 3.05) is 13.2 Å². The summed E-state index contributed by atoms with van der Waals surface area (Å²) in [6.07, 6.45) is 8.14. The maximum absolute atomic E-state index is 12.6. The summed E-state index contributed by atoms with van der Waals surface area (Å²) in [5.74, 6) is 0.633. The van der Waals surface area contributed by atoms with Crippen LogP contribution in [0.15, 0.2) is 24.3 Å². The molecule has 6 nitrogen and oxygen atoms in total. The van der Waals surface area contributed by atoms with Crippen LogP contribution in [-0.2, 0) is 16.1 Å². The smallest absolute Gasteiger partial charge is 0.251 e. The van der Waals surface area contributed by atoms with E-state index in [0.717, 1.165) is 31.4 Å². The summed E-state index contributed by atoms with van der Waals surface area (Å²) in [5, 5.41) is 9.50. The molecule has 4 atom stereocenters. The summed E-state index contributed by atoms with van der Waals surface area (Å²) in [7, 11) is 0. The number of ether oxygens (including phenoxy) is 1. The Morgan fingerprint density at radius 3 is 2.76 bits per heavy atom. The first-order chi connectivity index (χ1) is 13.7. The van der Waals surface area contributed by atoms with Crippen LogP contribution < -0.4 is 16.0 Å². The fraction of sp³-hybridized carbons (Fsp3) is 0.636. The summed E-state index contributed by atoms with van der Waals surface area (Å²) in [4.78, 5) is 24.9. The zero-order valence-corrected chi connectivity index (χ0v) is 17.6. The number of nitrogens with one attached hydrogen (secondary N) is 3. The van der Waals surface area contributed by atoms with Gasteiger partial charge < -0.3 is 20.7 Å². The molecule has 3 aliphatic rings. The normalized spacial score (nSPS) is 28.3. The molecular formula is C22H32ClN3O3. The monoisotopic (exact) mass is 421 g/mol. The van der Waals surface area contributed by atoms with E-state index >= 15 is 0 Å². The molecule has 0 spiro atoms. The van der Waals surface area contributed by atoms with Gasteiger partial charge in [0.15, 0.2) is 0 Å². The van der Waals surface area contributed by atoms with Crippen molar-refractivity contribution in [1.29, 1.82) is 0 Å². The first-order valence-corrected chi connectivity index (χ1v) is 10.7. The lowest BCUT2D eigenvalue weighted by molar-refractivity contribution is -0.123. The van der Waals surface area contributed by atoms with Gasteiger partial charge in [0.05, 0.1) is 12.1 Å². The van der Waals surface area contributed by atoms with Crippen molar-refractivity contribution in [1.82, 2.24) is 16.0 Å². The predicted molar refractivity (Wildman–Crippen MR) is 114 cm³/mol. The van der Waals surface area contributed by atoms with Crippen LogP contribution in [0, 0.1) is 5.92 Å². The van der Waals surface area contributed by atoms with Crippen LogP contribution in [0.5, 0.6) is 0 Å². The third kappa shape index (κ3) is 5.71. The quantitative estimate of drug-likeness (QED) is 0.659. The van der Waals surface area contributed by atoms with E-state index in [4.69, 9.17) is 4.74 Å². The zero-order valence-electron chi connectivity index (χ0n) is 16.8. The molecule has 0 aromatic heterocycles. The van der Waals surface area contributed by atoms with Crippen LogP contribution in [0.4, 0.5) is 0 Å². The van der Waals surface area contributed by atoms with E-state index in [0.29, 0.717) is 30.6 Å². The fourth-order valence-electron chi connectivity index (χ4n) is 4.77. The maximum Gasteiger partial charge on any atom is 0.251 e. The predicted octanol–water partition coefficient (Wildman–Crippen LogP) is 2.55. The second-order valence-corrected chi connectivity index (χ2v) is 8.37. The minimum Gasteiger partial charge on any atom is -0.376 e. The van der Waals surface area contributed by atoms with E-state index in [1.165, 1.54) is 25.7 Å². The van der Waals surface area contributed by atoms with Crippen molar-refractivity contribution in [3.05, 3.63) is 35.4 Å². The fourth-order valence-corrected chi connectivity index (χ4v) is 4.77. The minimum absolute atomic E-state index is 0. The van der Waals surface area contributed by atoms with Crippen molar-refractivity contribution in [2.45, 2.75) is 69.7 Å². The maximum atomic E-state index is 12.6. The number of fused-ring (bicyclic) bond motifs is 1. The molecule has 2 amide bonds. The van der Waals surface area contributed by atoms with Crippen LogP contribution in [0.25, 0.3) is 0 Å². The molecule has 2 saturated heterocycles. The van der Waals surface area contributed by atoms with Gasteiger partial charge in [0.1, 0.15) is 0 Å². The number of amides is 2. The van der Waals surface area contributed by atoms with Crippen molar-refractivity contribution < 1.29 is 14.3 Å². The summed E-state index contributed by atoms with van der Waals surface area (Å²) >= 11 is 0. The van der Waals surface area contributed by atoms with E-state index < -0.39 is 0 Å². The van der Waals surface area contributed by atoms with Gasteiger partial charge in [-0.15, -0.1) is 12.4 Å². The molecule has 1 saturated carbocycles. The van der Waals surface area contributed by atoms with Crippen LogP contribution in [0.2, 0.25) is 0 Å². The van der Waals surface area contributed by atoms with Gasteiger partial charge in [-0.3, -0.25) is 9.59 Å². The third-order valence-electron chi connectivity index (χ3n) is 6.35. The van der Waals surface area contributed by atoms with Gasteiger partial charge in [-0.25, -0.2) is 0 Å². The van der Waals surface area contributed by atoms with Crippen LogP contribution in [-0.4, -0.2) is 43.2 Å². The van der Waals surface area contributed by atoms with Gasteiger partial charge in [0.25, 0.3) is 5.91 Å². The highest BCUT2D eigenvalue weighted by atomic mass is 35.5. The molecule has 0 bridgehead atoms. The highest BCUT2D eigenvalue weighted by Gasteiger charge is 2.38. The standard InChI is InChI=1S/C22H31N3O3.ClH/c26-21(24-14-18-8-4-10-28-18)17-7-3-5-15(11-17)13-23-22(27)20-12-16-6-1-2-9-19(16)25-20;/h3,5,7,11,16,18-20,25H,1-2,4,6,8-10,12-14H2,(H,23,27)(H,24,26);1H.